The summed E-state index contributed by atoms with van der Waals surface area (Å²) in [7, 11) is 0. The van der Waals surface area contributed by atoms with Crippen LogP contribution < -0.4 is 5.32 Å². The van der Waals surface area contributed by atoms with Crippen molar-refractivity contribution in [2.75, 3.05) is 13.1 Å². The van der Waals surface area contributed by atoms with Crippen LogP contribution in [0.25, 0.3) is 0 Å². The van der Waals surface area contributed by atoms with Crippen LogP contribution in [0.15, 0.2) is 0 Å². The van der Waals surface area contributed by atoms with Crippen molar-refractivity contribution in [1.29, 1.82) is 0 Å². The lowest BCUT2D eigenvalue weighted by Crippen LogP contribution is -2.56. The molecule has 2 heterocycles. The average molecular weight is 295 g/mol. The second-order valence-electron chi connectivity index (χ2n) is 6.64. The summed E-state index contributed by atoms with van der Waals surface area (Å²) in [5.74, 6) is 0.755. The van der Waals surface area contributed by atoms with Crippen molar-refractivity contribution < 1.29 is 0 Å². The largest absolute Gasteiger partial charge is 0.311 e. The summed E-state index contributed by atoms with van der Waals surface area (Å²) in [5.41, 5.74) is 1.21. The summed E-state index contributed by atoms with van der Waals surface area (Å²) in [6, 6.07) is 1.70. The van der Waals surface area contributed by atoms with Gasteiger partial charge in [0, 0.05) is 36.1 Å². The molecule has 3 unspecified atom stereocenters. The fourth-order valence-corrected chi connectivity index (χ4v) is 4.31. The summed E-state index contributed by atoms with van der Waals surface area (Å²) in [6.07, 6.45) is 1.26. The number of piperazine rings is 1. The number of aromatic nitrogens is 1. The van der Waals surface area contributed by atoms with E-state index in [1.165, 1.54) is 22.0 Å². The van der Waals surface area contributed by atoms with Crippen LogP contribution in [0.5, 0.6) is 0 Å². The predicted octanol–water partition coefficient (Wildman–Crippen LogP) is 3.53. The molecule has 1 aliphatic heterocycles. The van der Waals surface area contributed by atoms with Crippen molar-refractivity contribution in [3.8, 4) is 0 Å². The van der Waals surface area contributed by atoms with Crippen molar-refractivity contribution in [1.82, 2.24) is 15.2 Å². The lowest BCUT2D eigenvalue weighted by atomic mass is 9.98. The van der Waals surface area contributed by atoms with E-state index < -0.39 is 0 Å². The minimum atomic E-state index is 0.480. The Morgan fingerprint density at radius 2 is 2.05 bits per heavy atom. The monoisotopic (exact) mass is 295 g/mol. The number of hydrogen-bond acceptors (Lipinski definition) is 4. The SMILES string of the molecule is Cc1nc(C)c(C(C)N2CC(CC(C)C)NCC2C)s1. The molecule has 0 aliphatic carbocycles. The van der Waals surface area contributed by atoms with Gasteiger partial charge >= 0.3 is 0 Å². The molecular formula is C16H29N3S. The Bertz CT molecular complexity index is 441. The zero-order valence-electron chi connectivity index (χ0n) is 13.7. The number of thiazole rings is 1. The van der Waals surface area contributed by atoms with Gasteiger partial charge in [0.15, 0.2) is 0 Å². The van der Waals surface area contributed by atoms with Crippen LogP contribution in [0.1, 0.15) is 55.7 Å². The maximum Gasteiger partial charge on any atom is 0.0900 e. The summed E-state index contributed by atoms with van der Waals surface area (Å²) in [5, 5.41) is 4.89. The highest BCUT2D eigenvalue weighted by Gasteiger charge is 2.30. The molecule has 3 nitrogen and oxygen atoms in total. The van der Waals surface area contributed by atoms with Crippen molar-refractivity contribution in [3.05, 3.63) is 15.6 Å². The molecule has 20 heavy (non-hydrogen) atoms. The third kappa shape index (κ3) is 3.60. The first-order valence-electron chi connectivity index (χ1n) is 7.81. The first-order valence-corrected chi connectivity index (χ1v) is 8.63. The number of rotatable bonds is 4. The van der Waals surface area contributed by atoms with Gasteiger partial charge in [0.1, 0.15) is 0 Å². The van der Waals surface area contributed by atoms with Crippen molar-refractivity contribution in [2.45, 2.75) is 66.1 Å². The number of nitrogens with zero attached hydrogens (tertiary/aromatic N) is 2. The van der Waals surface area contributed by atoms with Crippen LogP contribution in [0.2, 0.25) is 0 Å². The van der Waals surface area contributed by atoms with E-state index in [4.69, 9.17) is 0 Å². The Balaban J connectivity index is 2.10. The smallest absolute Gasteiger partial charge is 0.0900 e. The number of nitrogens with one attached hydrogen (secondary N) is 1. The molecule has 1 fully saturated rings. The quantitative estimate of drug-likeness (QED) is 0.921. The minimum Gasteiger partial charge on any atom is -0.311 e. The Labute approximate surface area is 127 Å². The molecule has 1 aliphatic rings. The van der Waals surface area contributed by atoms with Crippen LogP contribution in [0.3, 0.4) is 0 Å². The van der Waals surface area contributed by atoms with Crippen molar-refractivity contribution in [3.63, 3.8) is 0 Å². The highest BCUT2D eigenvalue weighted by molar-refractivity contribution is 7.11. The molecule has 1 N–H and O–H groups in total. The highest BCUT2D eigenvalue weighted by Crippen LogP contribution is 2.31. The van der Waals surface area contributed by atoms with Gasteiger partial charge in [0.25, 0.3) is 0 Å². The van der Waals surface area contributed by atoms with Crippen LogP contribution in [0, 0.1) is 19.8 Å². The molecule has 3 atom stereocenters. The summed E-state index contributed by atoms with van der Waals surface area (Å²) in [4.78, 5) is 8.70. The second-order valence-corrected chi connectivity index (χ2v) is 7.87. The Morgan fingerprint density at radius 3 is 2.60 bits per heavy atom. The molecule has 0 spiro atoms. The summed E-state index contributed by atoms with van der Waals surface area (Å²) in [6.45, 7) is 15.8. The van der Waals surface area contributed by atoms with Crippen LogP contribution >= 0.6 is 11.3 Å². The van der Waals surface area contributed by atoms with E-state index in [9.17, 15) is 0 Å². The number of aryl methyl sites for hydroxylation is 2. The van der Waals surface area contributed by atoms with Gasteiger partial charge in [-0.1, -0.05) is 13.8 Å². The zero-order valence-corrected chi connectivity index (χ0v) is 14.5. The molecule has 0 amide bonds. The molecule has 0 radical (unpaired) electrons. The molecular weight excluding hydrogens is 266 g/mol. The third-order valence-electron chi connectivity index (χ3n) is 4.27. The lowest BCUT2D eigenvalue weighted by Gasteiger charge is -2.42. The van der Waals surface area contributed by atoms with Crippen LogP contribution in [-0.2, 0) is 0 Å². The standard InChI is InChI=1S/C16H29N3S/c1-10(2)7-15-9-19(11(3)8-17-15)13(5)16-12(4)18-14(6)20-16/h10-11,13,15,17H,7-9H2,1-6H3. The molecule has 1 saturated heterocycles. The van der Waals surface area contributed by atoms with E-state index in [1.54, 1.807) is 0 Å². The Morgan fingerprint density at radius 1 is 1.35 bits per heavy atom. The summed E-state index contributed by atoms with van der Waals surface area (Å²) >= 11 is 1.86. The minimum absolute atomic E-state index is 0.480. The predicted molar refractivity (Wildman–Crippen MR) is 87.4 cm³/mol. The van der Waals surface area contributed by atoms with Gasteiger partial charge in [-0.25, -0.2) is 4.98 Å². The first kappa shape index (κ1) is 15.9. The van der Waals surface area contributed by atoms with Gasteiger partial charge in [-0.2, -0.15) is 0 Å². The van der Waals surface area contributed by atoms with E-state index in [-0.39, 0.29) is 0 Å². The molecule has 4 heteroatoms. The first-order chi connectivity index (χ1) is 9.38. The van der Waals surface area contributed by atoms with E-state index in [0.29, 0.717) is 18.1 Å². The highest BCUT2D eigenvalue weighted by atomic mass is 32.1. The normalized spacial score (nSPS) is 26.1. The van der Waals surface area contributed by atoms with Gasteiger partial charge in [-0.3, -0.25) is 4.90 Å². The third-order valence-corrected chi connectivity index (χ3v) is 5.51. The van der Waals surface area contributed by atoms with Gasteiger partial charge < -0.3 is 5.32 Å². The van der Waals surface area contributed by atoms with E-state index >= 15 is 0 Å². The molecule has 1 aromatic rings. The Hall–Kier alpha value is -0.450. The van der Waals surface area contributed by atoms with Crippen LogP contribution in [0.4, 0.5) is 0 Å². The van der Waals surface area contributed by atoms with E-state index in [2.05, 4.69) is 56.7 Å². The van der Waals surface area contributed by atoms with E-state index in [1.807, 2.05) is 11.3 Å². The molecule has 114 valence electrons. The molecule has 1 aromatic heterocycles. The molecule has 0 saturated carbocycles. The average Bonchev–Trinajstić information content (AvgIpc) is 2.69. The zero-order chi connectivity index (χ0) is 14.9. The van der Waals surface area contributed by atoms with Gasteiger partial charge in [0.05, 0.1) is 10.7 Å². The Kier molecular flexibility index (Phi) is 5.21. The fourth-order valence-electron chi connectivity index (χ4n) is 3.31. The maximum atomic E-state index is 4.60. The lowest BCUT2D eigenvalue weighted by molar-refractivity contribution is 0.0935. The molecule has 0 bridgehead atoms. The summed E-state index contributed by atoms with van der Waals surface area (Å²) < 4.78 is 0. The van der Waals surface area contributed by atoms with Crippen molar-refractivity contribution >= 4 is 11.3 Å². The molecule has 0 aromatic carbocycles. The molecule has 2 rings (SSSR count). The van der Waals surface area contributed by atoms with Crippen LogP contribution in [-0.4, -0.2) is 35.1 Å². The second kappa shape index (κ2) is 6.54. The fraction of sp³-hybridized carbons (Fsp3) is 0.812. The van der Waals surface area contributed by atoms with Gasteiger partial charge in [0.2, 0.25) is 0 Å². The maximum absolute atomic E-state index is 4.60. The number of hydrogen-bond donors (Lipinski definition) is 1. The van der Waals surface area contributed by atoms with Gasteiger partial charge in [-0.15, -0.1) is 11.3 Å². The topological polar surface area (TPSA) is 28.2 Å². The van der Waals surface area contributed by atoms with Gasteiger partial charge in [-0.05, 0) is 40.0 Å². The van der Waals surface area contributed by atoms with E-state index in [0.717, 1.165) is 19.0 Å². The van der Waals surface area contributed by atoms with Crippen molar-refractivity contribution in [2.24, 2.45) is 5.92 Å².